The van der Waals surface area contributed by atoms with E-state index in [1.807, 2.05) is 72.8 Å². The van der Waals surface area contributed by atoms with Crippen LogP contribution in [0.5, 0.6) is 0 Å². The molecule has 186 valence electrons. The van der Waals surface area contributed by atoms with Gasteiger partial charge in [-0.1, -0.05) is 92.0 Å². The first kappa shape index (κ1) is 24.5. The number of benzene rings is 3. The number of anilines is 1. The van der Waals surface area contributed by atoms with Crippen molar-refractivity contribution in [2.45, 2.75) is 32.6 Å². The molecule has 0 unspecified atom stereocenters. The minimum atomic E-state index is -0.110. The van der Waals surface area contributed by atoms with Crippen molar-refractivity contribution in [3.8, 4) is 28.3 Å². The lowest BCUT2D eigenvalue weighted by Crippen LogP contribution is -2.30. The Morgan fingerprint density at radius 2 is 1.59 bits per heavy atom. The standard InChI is InChI=1S/C29H27ClN6O/c1-2-3-6-15-27(37)33-34-28-29(32-23-17-16-22(30)18-25(23)31-28)36-26(21-13-9-5-10-14-21)19-24(35-36)20-11-7-4-8-12-20/h4-5,7-14,16-19H,2-3,6,15H2,1H3,(H,31,34)(H,33,37). The molecular formula is C29H27ClN6O. The van der Waals surface area contributed by atoms with Crippen LogP contribution in [0.3, 0.4) is 0 Å². The molecule has 0 aliphatic rings. The van der Waals surface area contributed by atoms with E-state index in [4.69, 9.17) is 26.7 Å². The zero-order valence-corrected chi connectivity index (χ0v) is 21.2. The maximum Gasteiger partial charge on any atom is 0.238 e. The average Bonchev–Trinajstić information content (AvgIpc) is 3.38. The summed E-state index contributed by atoms with van der Waals surface area (Å²) in [5.41, 5.74) is 10.7. The Balaban J connectivity index is 1.63. The molecule has 0 radical (unpaired) electrons. The van der Waals surface area contributed by atoms with Gasteiger partial charge < -0.3 is 0 Å². The number of hydrazine groups is 1. The van der Waals surface area contributed by atoms with E-state index in [2.05, 4.69) is 17.8 Å². The molecule has 37 heavy (non-hydrogen) atoms. The van der Waals surface area contributed by atoms with Gasteiger partial charge in [-0.3, -0.25) is 15.6 Å². The van der Waals surface area contributed by atoms with Gasteiger partial charge in [0.1, 0.15) is 0 Å². The third kappa shape index (κ3) is 5.62. The molecule has 8 heteroatoms. The molecule has 1 amide bonds. The number of nitrogens with one attached hydrogen (secondary N) is 2. The first-order chi connectivity index (χ1) is 18.1. The smallest absolute Gasteiger partial charge is 0.238 e. The SMILES string of the molecule is CCCCCC(=O)NNc1nc2cc(Cl)ccc2nc1-n1nc(-c2ccccc2)cc1-c1ccccc1. The number of halogens is 1. The van der Waals surface area contributed by atoms with Gasteiger partial charge >= 0.3 is 0 Å². The van der Waals surface area contributed by atoms with Crippen molar-refractivity contribution in [2.75, 3.05) is 5.43 Å². The number of fused-ring (bicyclic) bond motifs is 1. The lowest BCUT2D eigenvalue weighted by molar-refractivity contribution is -0.120. The van der Waals surface area contributed by atoms with Gasteiger partial charge in [0.15, 0.2) is 11.6 Å². The Bertz CT molecular complexity index is 1520. The highest BCUT2D eigenvalue weighted by molar-refractivity contribution is 6.31. The molecule has 0 atom stereocenters. The van der Waals surface area contributed by atoms with Gasteiger partial charge in [-0.05, 0) is 30.7 Å². The average molecular weight is 511 g/mol. The maximum absolute atomic E-state index is 12.5. The van der Waals surface area contributed by atoms with Gasteiger partial charge in [0, 0.05) is 22.6 Å². The van der Waals surface area contributed by atoms with Crippen LogP contribution in [0.15, 0.2) is 84.9 Å². The second kappa shape index (κ2) is 11.2. The second-order valence-corrected chi connectivity index (χ2v) is 9.15. The third-order valence-corrected chi connectivity index (χ3v) is 6.22. The van der Waals surface area contributed by atoms with Gasteiger partial charge in [0.05, 0.1) is 22.4 Å². The fourth-order valence-corrected chi connectivity index (χ4v) is 4.25. The monoisotopic (exact) mass is 510 g/mol. The highest BCUT2D eigenvalue weighted by atomic mass is 35.5. The van der Waals surface area contributed by atoms with Gasteiger partial charge in [0.2, 0.25) is 5.91 Å². The lowest BCUT2D eigenvalue weighted by atomic mass is 10.1. The largest absolute Gasteiger partial charge is 0.279 e. The summed E-state index contributed by atoms with van der Waals surface area (Å²) < 4.78 is 1.77. The number of hydrogen-bond acceptors (Lipinski definition) is 5. The normalized spacial score (nSPS) is 11.0. The Morgan fingerprint density at radius 3 is 2.32 bits per heavy atom. The lowest BCUT2D eigenvalue weighted by Gasteiger charge is -2.14. The van der Waals surface area contributed by atoms with Crippen LogP contribution in [-0.2, 0) is 4.79 Å². The minimum Gasteiger partial charge on any atom is -0.279 e. The molecule has 0 bridgehead atoms. The third-order valence-electron chi connectivity index (χ3n) is 5.98. The first-order valence-corrected chi connectivity index (χ1v) is 12.7. The molecule has 0 saturated heterocycles. The molecule has 5 aromatic rings. The predicted molar refractivity (Wildman–Crippen MR) is 148 cm³/mol. The molecule has 2 heterocycles. The zero-order chi connectivity index (χ0) is 25.6. The number of aromatic nitrogens is 4. The van der Waals surface area contributed by atoms with Gasteiger partial charge in [-0.15, -0.1) is 0 Å². The topological polar surface area (TPSA) is 84.7 Å². The van der Waals surface area contributed by atoms with Crippen LogP contribution in [0.1, 0.15) is 32.6 Å². The maximum atomic E-state index is 12.5. The van der Waals surface area contributed by atoms with Crippen molar-refractivity contribution in [3.05, 3.63) is 90.0 Å². The number of rotatable bonds is 9. The number of hydrogen-bond donors (Lipinski definition) is 2. The molecule has 0 fully saturated rings. The van der Waals surface area contributed by atoms with Crippen molar-refractivity contribution >= 4 is 34.4 Å². The molecule has 0 aliphatic heterocycles. The summed E-state index contributed by atoms with van der Waals surface area (Å²) >= 11 is 6.23. The fraction of sp³-hybridized carbons (Fsp3) is 0.172. The highest BCUT2D eigenvalue weighted by Crippen LogP contribution is 2.31. The molecule has 2 N–H and O–H groups in total. The first-order valence-electron chi connectivity index (χ1n) is 12.4. The van der Waals surface area contributed by atoms with Crippen LogP contribution in [-0.4, -0.2) is 25.7 Å². The van der Waals surface area contributed by atoms with Gasteiger partial charge in [-0.25, -0.2) is 14.6 Å². The van der Waals surface area contributed by atoms with Crippen LogP contribution >= 0.6 is 11.6 Å². The molecule has 7 nitrogen and oxygen atoms in total. The molecule has 0 saturated carbocycles. The predicted octanol–water partition coefficient (Wildman–Crippen LogP) is 6.83. The molecule has 2 aromatic heterocycles. The van der Waals surface area contributed by atoms with E-state index in [0.29, 0.717) is 34.1 Å². The summed E-state index contributed by atoms with van der Waals surface area (Å²) in [5, 5.41) is 5.49. The molecule has 0 spiro atoms. The molecule has 3 aromatic carbocycles. The highest BCUT2D eigenvalue weighted by Gasteiger charge is 2.19. The zero-order valence-electron chi connectivity index (χ0n) is 20.5. The van der Waals surface area contributed by atoms with E-state index in [9.17, 15) is 4.79 Å². The summed E-state index contributed by atoms with van der Waals surface area (Å²) in [7, 11) is 0. The van der Waals surface area contributed by atoms with Crippen molar-refractivity contribution < 1.29 is 4.79 Å². The fourth-order valence-electron chi connectivity index (χ4n) is 4.08. The Labute approximate surface area is 220 Å². The van der Waals surface area contributed by atoms with Crippen molar-refractivity contribution in [1.82, 2.24) is 25.2 Å². The van der Waals surface area contributed by atoms with Crippen LogP contribution in [0.25, 0.3) is 39.4 Å². The number of carbonyl (C=O) groups excluding carboxylic acids is 1. The summed E-state index contributed by atoms with van der Waals surface area (Å²) in [6.45, 7) is 2.11. The van der Waals surface area contributed by atoms with E-state index >= 15 is 0 Å². The second-order valence-electron chi connectivity index (χ2n) is 8.72. The van der Waals surface area contributed by atoms with Gasteiger partial charge in [0.25, 0.3) is 0 Å². The quantitative estimate of drug-likeness (QED) is 0.168. The van der Waals surface area contributed by atoms with E-state index in [0.717, 1.165) is 41.8 Å². The van der Waals surface area contributed by atoms with Crippen molar-refractivity contribution in [3.63, 3.8) is 0 Å². The summed E-state index contributed by atoms with van der Waals surface area (Å²) in [5.74, 6) is 0.726. The van der Waals surface area contributed by atoms with Crippen LogP contribution in [0.2, 0.25) is 5.02 Å². The van der Waals surface area contributed by atoms with Crippen molar-refractivity contribution in [2.24, 2.45) is 0 Å². The van der Waals surface area contributed by atoms with Gasteiger partial charge in [-0.2, -0.15) is 5.10 Å². The molecular weight excluding hydrogens is 484 g/mol. The number of amides is 1. The molecule has 0 aliphatic carbocycles. The minimum absolute atomic E-state index is 0.110. The number of carbonyl (C=O) groups is 1. The van der Waals surface area contributed by atoms with E-state index in [1.165, 1.54) is 0 Å². The Kier molecular flexibility index (Phi) is 7.42. The number of unbranched alkanes of at least 4 members (excludes halogenated alkanes) is 2. The van der Waals surface area contributed by atoms with Crippen molar-refractivity contribution in [1.29, 1.82) is 0 Å². The van der Waals surface area contributed by atoms with Crippen LogP contribution < -0.4 is 10.9 Å². The number of nitrogens with zero attached hydrogens (tertiary/aromatic N) is 4. The van der Waals surface area contributed by atoms with E-state index in [-0.39, 0.29) is 5.91 Å². The summed E-state index contributed by atoms with van der Waals surface area (Å²) in [6.07, 6.45) is 3.31. The van der Waals surface area contributed by atoms with E-state index in [1.54, 1.807) is 16.8 Å². The summed E-state index contributed by atoms with van der Waals surface area (Å²) in [4.78, 5) is 22.1. The van der Waals surface area contributed by atoms with Crippen LogP contribution in [0, 0.1) is 0 Å². The van der Waals surface area contributed by atoms with E-state index < -0.39 is 0 Å². The Hall–Kier alpha value is -4.23. The van der Waals surface area contributed by atoms with Crippen LogP contribution in [0.4, 0.5) is 5.82 Å². The molecule has 5 rings (SSSR count). The summed E-state index contributed by atoms with van der Waals surface area (Å²) in [6, 6.07) is 27.4. The Morgan fingerprint density at radius 1 is 0.865 bits per heavy atom.